The van der Waals surface area contributed by atoms with Crippen LogP contribution in [0.1, 0.15) is 17.8 Å². The van der Waals surface area contributed by atoms with Gasteiger partial charge in [0.1, 0.15) is 6.04 Å². The first-order valence-corrected chi connectivity index (χ1v) is 7.03. The molecule has 0 spiro atoms. The van der Waals surface area contributed by atoms with E-state index in [0.29, 0.717) is 0 Å². The van der Waals surface area contributed by atoms with Gasteiger partial charge in [0.2, 0.25) is 0 Å². The number of carbonyl (C=O) groups excluding carboxylic acids is 1. The second-order valence-corrected chi connectivity index (χ2v) is 5.54. The maximum absolute atomic E-state index is 11.8. The monoisotopic (exact) mass is 342 g/mol. The summed E-state index contributed by atoms with van der Waals surface area (Å²) in [5, 5.41) is 9.49. The predicted molar refractivity (Wildman–Crippen MR) is 75.8 cm³/mol. The minimum absolute atomic E-state index is 0.178. The Hall–Kier alpha value is -1.67. The third-order valence-electron chi connectivity index (χ3n) is 2.32. The number of carbonyl (C=O) groups is 1. The molecule has 0 saturated carbocycles. The molecule has 2 aromatic rings. The lowest BCUT2D eigenvalue weighted by molar-refractivity contribution is -0.147. The van der Waals surface area contributed by atoms with Crippen molar-refractivity contribution in [3.63, 3.8) is 0 Å². The van der Waals surface area contributed by atoms with Gasteiger partial charge < -0.3 is 10.6 Å². The van der Waals surface area contributed by atoms with Crippen molar-refractivity contribution >= 4 is 39.1 Å². The highest BCUT2D eigenvalue weighted by molar-refractivity contribution is 9.10. The van der Waals surface area contributed by atoms with Crippen molar-refractivity contribution in [2.24, 2.45) is 10.9 Å². The maximum Gasteiger partial charge on any atom is 0.359 e. The van der Waals surface area contributed by atoms with Crippen LogP contribution in [0.3, 0.4) is 0 Å². The fourth-order valence-corrected chi connectivity index (χ4v) is 2.19. The average molecular weight is 343 g/mol. The van der Waals surface area contributed by atoms with E-state index in [9.17, 15) is 4.79 Å². The van der Waals surface area contributed by atoms with E-state index < -0.39 is 12.0 Å². The smallest absolute Gasteiger partial charge is 0.359 e. The Morgan fingerprint density at radius 3 is 3.05 bits per heavy atom. The second kappa shape index (κ2) is 5.98. The summed E-state index contributed by atoms with van der Waals surface area (Å²) >= 11 is 4.68. The number of nitrogens with two attached hydrogens (primary N) is 1. The second-order valence-electron chi connectivity index (χ2n) is 3.68. The third-order valence-corrected chi connectivity index (χ3v) is 3.62. The highest BCUT2D eigenvalue weighted by atomic mass is 79.9. The molecule has 1 unspecified atom stereocenters. The van der Waals surface area contributed by atoms with Gasteiger partial charge in [0.05, 0.1) is 15.5 Å². The lowest BCUT2D eigenvalue weighted by Crippen LogP contribution is -2.20. The number of amidine groups is 1. The van der Waals surface area contributed by atoms with Gasteiger partial charge in [-0.1, -0.05) is 11.2 Å². The standard InChI is InChI=1S/C11H11BrN4O2S/c1-7(16-6-8(12)5-14-16)11(17)18-15-10(13)9-3-2-4-19-9/h2-7H,1H3,(H2,13,15). The molecule has 0 amide bonds. The van der Waals surface area contributed by atoms with E-state index >= 15 is 0 Å². The Morgan fingerprint density at radius 1 is 1.68 bits per heavy atom. The summed E-state index contributed by atoms with van der Waals surface area (Å²) in [4.78, 5) is 17.3. The molecule has 0 bridgehead atoms. The van der Waals surface area contributed by atoms with Crippen LogP contribution in [0.15, 0.2) is 39.5 Å². The summed E-state index contributed by atoms with van der Waals surface area (Å²) < 4.78 is 2.26. The summed E-state index contributed by atoms with van der Waals surface area (Å²) in [5.74, 6) is -0.354. The van der Waals surface area contributed by atoms with Crippen LogP contribution in [0.2, 0.25) is 0 Å². The van der Waals surface area contributed by atoms with Crippen LogP contribution in [0.25, 0.3) is 0 Å². The molecule has 8 heteroatoms. The average Bonchev–Trinajstić information content (AvgIpc) is 3.05. The number of nitrogens with zero attached hydrogens (tertiary/aromatic N) is 3. The third kappa shape index (κ3) is 3.42. The molecule has 2 heterocycles. The number of hydrogen-bond donors (Lipinski definition) is 1. The highest BCUT2D eigenvalue weighted by Crippen LogP contribution is 2.13. The van der Waals surface area contributed by atoms with Gasteiger partial charge in [-0.05, 0) is 34.3 Å². The van der Waals surface area contributed by atoms with Gasteiger partial charge in [0, 0.05) is 6.20 Å². The fourth-order valence-electron chi connectivity index (χ4n) is 1.27. The molecule has 1 atom stereocenters. The van der Waals surface area contributed by atoms with Crippen LogP contribution >= 0.6 is 27.3 Å². The van der Waals surface area contributed by atoms with E-state index in [0.717, 1.165) is 9.35 Å². The van der Waals surface area contributed by atoms with Crippen LogP contribution < -0.4 is 5.73 Å². The predicted octanol–water partition coefficient (Wildman–Crippen LogP) is 2.13. The van der Waals surface area contributed by atoms with Crippen LogP contribution in [0, 0.1) is 0 Å². The summed E-state index contributed by atoms with van der Waals surface area (Å²) in [6, 6.07) is 3.06. The summed E-state index contributed by atoms with van der Waals surface area (Å²) in [7, 11) is 0. The van der Waals surface area contributed by atoms with E-state index in [1.807, 2.05) is 11.4 Å². The Labute approximate surface area is 122 Å². The summed E-state index contributed by atoms with van der Waals surface area (Å²) in [5.41, 5.74) is 5.68. The van der Waals surface area contributed by atoms with E-state index in [-0.39, 0.29) is 5.84 Å². The molecule has 0 saturated heterocycles. The molecule has 6 nitrogen and oxygen atoms in total. The lowest BCUT2D eigenvalue weighted by atomic mass is 10.3. The number of hydrogen-bond acceptors (Lipinski definition) is 5. The van der Waals surface area contributed by atoms with Gasteiger partial charge in [-0.3, -0.25) is 4.68 Å². The number of halogens is 1. The summed E-state index contributed by atoms with van der Waals surface area (Å²) in [6.45, 7) is 1.67. The number of aromatic nitrogens is 2. The number of rotatable bonds is 4. The molecule has 2 rings (SSSR count). The molecule has 0 radical (unpaired) electrons. The van der Waals surface area contributed by atoms with Gasteiger partial charge in [0.15, 0.2) is 5.84 Å². The van der Waals surface area contributed by atoms with Crippen molar-refractivity contribution < 1.29 is 9.63 Å². The zero-order chi connectivity index (χ0) is 13.8. The quantitative estimate of drug-likeness (QED) is 0.399. The van der Waals surface area contributed by atoms with Crippen LogP contribution in [0.4, 0.5) is 0 Å². The highest BCUT2D eigenvalue weighted by Gasteiger charge is 2.18. The van der Waals surface area contributed by atoms with Gasteiger partial charge in [0.25, 0.3) is 0 Å². The van der Waals surface area contributed by atoms with Crippen molar-refractivity contribution in [1.82, 2.24) is 9.78 Å². The zero-order valence-electron chi connectivity index (χ0n) is 9.99. The molecule has 100 valence electrons. The van der Waals surface area contributed by atoms with E-state index in [4.69, 9.17) is 10.6 Å². The van der Waals surface area contributed by atoms with E-state index in [2.05, 4.69) is 26.2 Å². The van der Waals surface area contributed by atoms with Gasteiger partial charge in [-0.2, -0.15) is 5.10 Å². The van der Waals surface area contributed by atoms with Crippen molar-refractivity contribution in [3.05, 3.63) is 39.3 Å². The minimum atomic E-state index is -0.578. The maximum atomic E-state index is 11.8. The normalized spacial score (nSPS) is 13.3. The fraction of sp³-hybridized carbons (Fsp3) is 0.182. The molecule has 2 aromatic heterocycles. The van der Waals surface area contributed by atoms with Crippen molar-refractivity contribution in [1.29, 1.82) is 0 Å². The molecule has 0 aliphatic rings. The molecule has 0 aliphatic carbocycles. The Balaban J connectivity index is 2.00. The Kier molecular flexibility index (Phi) is 4.33. The lowest BCUT2D eigenvalue weighted by Gasteiger charge is -2.08. The van der Waals surface area contributed by atoms with Crippen LogP contribution in [0.5, 0.6) is 0 Å². The molecular weight excluding hydrogens is 332 g/mol. The van der Waals surface area contributed by atoms with Gasteiger partial charge in [-0.25, -0.2) is 4.79 Å². The number of oxime groups is 1. The van der Waals surface area contributed by atoms with Crippen molar-refractivity contribution in [2.45, 2.75) is 13.0 Å². The topological polar surface area (TPSA) is 82.5 Å². The van der Waals surface area contributed by atoms with E-state index in [1.165, 1.54) is 16.0 Å². The molecule has 0 aromatic carbocycles. The van der Waals surface area contributed by atoms with E-state index in [1.54, 1.807) is 25.4 Å². The SMILES string of the molecule is CC(C(=O)O/N=C(\N)c1cccs1)n1cc(Br)cn1. The summed E-state index contributed by atoms with van der Waals surface area (Å²) in [6.07, 6.45) is 3.27. The first-order valence-electron chi connectivity index (χ1n) is 5.36. The Morgan fingerprint density at radius 2 is 2.47 bits per heavy atom. The van der Waals surface area contributed by atoms with Crippen LogP contribution in [-0.2, 0) is 9.63 Å². The molecule has 0 aliphatic heterocycles. The van der Waals surface area contributed by atoms with Crippen molar-refractivity contribution in [2.75, 3.05) is 0 Å². The van der Waals surface area contributed by atoms with Crippen LogP contribution in [-0.4, -0.2) is 21.6 Å². The van der Waals surface area contributed by atoms with Crippen molar-refractivity contribution in [3.8, 4) is 0 Å². The molecule has 2 N–H and O–H groups in total. The zero-order valence-corrected chi connectivity index (χ0v) is 12.4. The van der Waals surface area contributed by atoms with Gasteiger partial charge in [-0.15, -0.1) is 11.3 Å². The molecular formula is C11H11BrN4O2S. The minimum Gasteiger partial charge on any atom is -0.380 e. The Bertz CT molecular complexity index is 594. The largest absolute Gasteiger partial charge is 0.380 e. The molecule has 0 fully saturated rings. The molecule has 19 heavy (non-hydrogen) atoms. The first kappa shape index (κ1) is 13.8. The van der Waals surface area contributed by atoms with Gasteiger partial charge >= 0.3 is 5.97 Å². The first-order chi connectivity index (χ1) is 9.08. The number of thiophene rings is 1.